The van der Waals surface area contributed by atoms with Gasteiger partial charge in [0.15, 0.2) is 23.1 Å². The van der Waals surface area contributed by atoms with Gasteiger partial charge in [-0.25, -0.2) is 19.9 Å². The van der Waals surface area contributed by atoms with Crippen molar-refractivity contribution in [3.05, 3.63) is 73.3 Å². The summed E-state index contributed by atoms with van der Waals surface area (Å²) in [6.45, 7) is 5.98. The summed E-state index contributed by atoms with van der Waals surface area (Å²) in [6.07, 6.45) is 21.7. The molecule has 0 bridgehead atoms. The highest BCUT2D eigenvalue weighted by Gasteiger charge is 2.07. The van der Waals surface area contributed by atoms with Gasteiger partial charge in [0.2, 0.25) is 0 Å². The van der Waals surface area contributed by atoms with Gasteiger partial charge < -0.3 is 14.2 Å². The molecule has 43 heavy (non-hydrogen) atoms. The van der Waals surface area contributed by atoms with Crippen molar-refractivity contribution in [2.45, 2.75) is 90.9 Å². The SMILES string of the molecule is CCCCCCCCOc1ccc(-c2ncc(Oc3cnc(-c4ccc(OCCCCCCCC)cc4)nc3)cn2)cc1. The lowest BCUT2D eigenvalue weighted by Crippen LogP contribution is -1.97. The van der Waals surface area contributed by atoms with Crippen molar-refractivity contribution in [2.24, 2.45) is 0 Å². The van der Waals surface area contributed by atoms with Gasteiger partial charge in [0.05, 0.1) is 38.0 Å². The minimum absolute atomic E-state index is 0.519. The van der Waals surface area contributed by atoms with Gasteiger partial charge in [0, 0.05) is 11.1 Å². The average molecular weight is 583 g/mol. The third-order valence-electron chi connectivity index (χ3n) is 7.25. The fourth-order valence-corrected chi connectivity index (χ4v) is 4.72. The largest absolute Gasteiger partial charge is 0.494 e. The van der Waals surface area contributed by atoms with E-state index in [4.69, 9.17) is 14.2 Å². The van der Waals surface area contributed by atoms with Gasteiger partial charge in [-0.3, -0.25) is 0 Å². The van der Waals surface area contributed by atoms with Crippen LogP contribution in [-0.2, 0) is 0 Å². The van der Waals surface area contributed by atoms with Crippen LogP contribution in [0.25, 0.3) is 22.8 Å². The molecule has 2 aromatic heterocycles. The molecule has 4 rings (SSSR count). The van der Waals surface area contributed by atoms with Gasteiger partial charge in [-0.2, -0.15) is 0 Å². The van der Waals surface area contributed by atoms with Gasteiger partial charge in [-0.05, 0) is 61.4 Å². The van der Waals surface area contributed by atoms with Crippen molar-refractivity contribution < 1.29 is 14.2 Å². The van der Waals surface area contributed by atoms with E-state index < -0.39 is 0 Å². The van der Waals surface area contributed by atoms with E-state index in [1.54, 1.807) is 24.8 Å². The smallest absolute Gasteiger partial charge is 0.164 e. The number of benzene rings is 2. The number of unbranched alkanes of at least 4 members (excludes halogenated alkanes) is 10. The van der Waals surface area contributed by atoms with E-state index in [2.05, 4.69) is 33.8 Å². The summed E-state index contributed by atoms with van der Waals surface area (Å²) in [4.78, 5) is 17.9. The molecule has 0 saturated carbocycles. The lowest BCUT2D eigenvalue weighted by atomic mass is 10.1. The normalized spacial score (nSPS) is 10.9. The monoisotopic (exact) mass is 582 g/mol. The number of hydrogen-bond donors (Lipinski definition) is 0. The van der Waals surface area contributed by atoms with E-state index >= 15 is 0 Å². The van der Waals surface area contributed by atoms with Gasteiger partial charge in [0.25, 0.3) is 0 Å². The predicted molar refractivity (Wildman–Crippen MR) is 173 cm³/mol. The second kappa shape index (κ2) is 18.5. The van der Waals surface area contributed by atoms with Gasteiger partial charge in [0.1, 0.15) is 11.5 Å². The Morgan fingerprint density at radius 3 is 1.14 bits per heavy atom. The number of ether oxygens (including phenoxy) is 3. The van der Waals surface area contributed by atoms with E-state index in [1.807, 2.05) is 48.5 Å². The van der Waals surface area contributed by atoms with Crippen LogP contribution < -0.4 is 14.2 Å². The lowest BCUT2D eigenvalue weighted by molar-refractivity contribution is 0.304. The van der Waals surface area contributed by atoms with Crippen LogP contribution in [0.5, 0.6) is 23.0 Å². The Balaban J connectivity index is 1.20. The highest BCUT2D eigenvalue weighted by atomic mass is 16.5. The van der Waals surface area contributed by atoms with Crippen LogP contribution >= 0.6 is 0 Å². The summed E-state index contributed by atoms with van der Waals surface area (Å²) in [5.74, 6) is 4.03. The number of aromatic nitrogens is 4. The molecule has 0 N–H and O–H groups in total. The number of rotatable bonds is 20. The Labute approximate surface area is 257 Å². The fraction of sp³-hybridized carbons (Fsp3) is 0.444. The Kier molecular flexibility index (Phi) is 13.7. The number of hydrogen-bond acceptors (Lipinski definition) is 7. The molecule has 2 aromatic carbocycles. The molecule has 4 aromatic rings. The van der Waals surface area contributed by atoms with Gasteiger partial charge in [-0.1, -0.05) is 78.1 Å². The molecule has 0 radical (unpaired) electrons. The number of nitrogens with zero attached hydrogens (tertiary/aromatic N) is 4. The molecule has 2 heterocycles. The van der Waals surface area contributed by atoms with Crippen LogP contribution in [0.4, 0.5) is 0 Å². The zero-order valence-corrected chi connectivity index (χ0v) is 25.8. The first kappa shape index (κ1) is 31.9. The average Bonchev–Trinajstić information content (AvgIpc) is 3.05. The van der Waals surface area contributed by atoms with Crippen molar-refractivity contribution >= 4 is 0 Å². The molecular weight excluding hydrogens is 536 g/mol. The van der Waals surface area contributed by atoms with Crippen molar-refractivity contribution in [3.8, 4) is 45.8 Å². The maximum Gasteiger partial charge on any atom is 0.164 e. The molecule has 0 unspecified atom stereocenters. The topological polar surface area (TPSA) is 79.2 Å². The Bertz CT molecular complexity index is 1190. The van der Waals surface area contributed by atoms with Crippen LogP contribution in [0.1, 0.15) is 90.9 Å². The maximum atomic E-state index is 5.88. The summed E-state index contributed by atoms with van der Waals surface area (Å²) in [5, 5.41) is 0. The highest BCUT2D eigenvalue weighted by Crippen LogP contribution is 2.25. The van der Waals surface area contributed by atoms with Crippen molar-refractivity contribution in [1.82, 2.24) is 19.9 Å². The summed E-state index contributed by atoms with van der Waals surface area (Å²) in [6, 6.07) is 15.8. The first-order valence-corrected chi connectivity index (χ1v) is 16.0. The molecule has 0 aliphatic heterocycles. The minimum atomic E-state index is 0.519. The first-order valence-electron chi connectivity index (χ1n) is 16.0. The molecule has 0 aliphatic carbocycles. The molecule has 0 amide bonds. The van der Waals surface area contributed by atoms with Gasteiger partial charge >= 0.3 is 0 Å². The zero-order valence-electron chi connectivity index (χ0n) is 25.8. The van der Waals surface area contributed by atoms with E-state index in [0.717, 1.165) is 48.7 Å². The Morgan fingerprint density at radius 1 is 0.419 bits per heavy atom. The fourth-order valence-electron chi connectivity index (χ4n) is 4.72. The molecule has 0 atom stereocenters. The van der Waals surface area contributed by atoms with Crippen LogP contribution in [0, 0.1) is 0 Å². The summed E-state index contributed by atoms with van der Waals surface area (Å²) in [7, 11) is 0. The van der Waals surface area contributed by atoms with Crippen molar-refractivity contribution in [3.63, 3.8) is 0 Å². The second-order valence-electron chi connectivity index (χ2n) is 10.9. The second-order valence-corrected chi connectivity index (χ2v) is 10.9. The molecule has 228 valence electrons. The van der Waals surface area contributed by atoms with E-state index in [-0.39, 0.29) is 0 Å². The van der Waals surface area contributed by atoms with E-state index in [0.29, 0.717) is 23.1 Å². The molecule has 7 heteroatoms. The molecule has 0 aliphatic rings. The zero-order chi connectivity index (χ0) is 30.0. The molecular formula is C36H46N4O3. The third-order valence-corrected chi connectivity index (χ3v) is 7.25. The van der Waals surface area contributed by atoms with E-state index in [9.17, 15) is 0 Å². The van der Waals surface area contributed by atoms with Gasteiger partial charge in [-0.15, -0.1) is 0 Å². The quantitative estimate of drug-likeness (QED) is 0.0959. The molecule has 0 fully saturated rings. The summed E-state index contributed by atoms with van der Waals surface area (Å²) < 4.78 is 17.6. The van der Waals surface area contributed by atoms with Crippen LogP contribution in [0.3, 0.4) is 0 Å². The lowest BCUT2D eigenvalue weighted by Gasteiger charge is -2.08. The maximum absolute atomic E-state index is 5.88. The molecule has 7 nitrogen and oxygen atoms in total. The minimum Gasteiger partial charge on any atom is -0.494 e. The van der Waals surface area contributed by atoms with E-state index in [1.165, 1.54) is 64.2 Å². The molecule has 0 spiro atoms. The van der Waals surface area contributed by atoms with Crippen LogP contribution in [0.15, 0.2) is 73.3 Å². The first-order chi connectivity index (χ1) is 21.2. The standard InChI is InChI=1S/C36H46N4O3/c1-3-5-7-9-11-13-23-41-31-19-15-29(16-20-31)35-37-25-33(26-38-35)43-34-27-39-36(40-28-34)30-17-21-32(22-18-30)42-24-14-12-10-8-6-4-2/h15-22,25-28H,3-14,23-24H2,1-2H3. The summed E-state index contributed by atoms with van der Waals surface area (Å²) in [5.41, 5.74) is 1.84. The summed E-state index contributed by atoms with van der Waals surface area (Å²) >= 11 is 0. The third kappa shape index (κ3) is 11.3. The Hall–Kier alpha value is -4.00. The van der Waals surface area contributed by atoms with Crippen molar-refractivity contribution in [1.29, 1.82) is 0 Å². The predicted octanol–water partition coefficient (Wildman–Crippen LogP) is 9.87. The van der Waals surface area contributed by atoms with Crippen molar-refractivity contribution in [2.75, 3.05) is 13.2 Å². The van der Waals surface area contributed by atoms with Crippen LogP contribution in [0.2, 0.25) is 0 Å². The van der Waals surface area contributed by atoms with Crippen LogP contribution in [-0.4, -0.2) is 33.1 Å². The molecule has 0 saturated heterocycles. The Morgan fingerprint density at radius 2 is 0.767 bits per heavy atom. The highest BCUT2D eigenvalue weighted by molar-refractivity contribution is 5.57.